The minimum Gasteiger partial charge on any atom is -0.481 e. The first kappa shape index (κ1) is 17.2. The fraction of sp³-hybridized carbons (Fsp3) is 0.533. The molecule has 0 spiro atoms. The number of aromatic nitrogens is 1. The number of piperazine rings is 1. The van der Waals surface area contributed by atoms with E-state index in [0.29, 0.717) is 12.2 Å². The van der Waals surface area contributed by atoms with Crippen LogP contribution in [0.15, 0.2) is 18.3 Å². The van der Waals surface area contributed by atoms with E-state index in [4.69, 9.17) is 10.2 Å². The van der Waals surface area contributed by atoms with Crippen LogP contribution in [0.4, 0.5) is 11.5 Å². The van der Waals surface area contributed by atoms with E-state index in [1.807, 2.05) is 6.07 Å². The maximum atomic E-state index is 11.6. The van der Waals surface area contributed by atoms with E-state index in [1.54, 1.807) is 12.3 Å². The van der Waals surface area contributed by atoms with Gasteiger partial charge in [-0.1, -0.05) is 0 Å². The molecule has 3 N–H and O–H groups in total. The normalized spacial score (nSPS) is 15.4. The van der Waals surface area contributed by atoms with Crippen molar-refractivity contribution in [3.8, 4) is 0 Å². The molecule has 8 nitrogen and oxygen atoms in total. The Balaban J connectivity index is 1.83. The number of carboxylic acids is 1. The zero-order valence-electron chi connectivity index (χ0n) is 12.9. The van der Waals surface area contributed by atoms with Gasteiger partial charge in [-0.2, -0.15) is 0 Å². The molecule has 126 valence electrons. The molecule has 1 fully saturated rings. The molecule has 1 aliphatic rings. The molecule has 0 radical (unpaired) electrons. The molecule has 0 saturated carbocycles. The van der Waals surface area contributed by atoms with Crippen LogP contribution in [0, 0.1) is 0 Å². The smallest absolute Gasteiger partial charge is 0.303 e. The average molecular weight is 322 g/mol. The molecule has 1 aromatic heterocycles. The van der Waals surface area contributed by atoms with Crippen LogP contribution in [0.3, 0.4) is 0 Å². The monoisotopic (exact) mass is 322 g/mol. The molecule has 8 heteroatoms. The van der Waals surface area contributed by atoms with Gasteiger partial charge >= 0.3 is 5.97 Å². The first-order chi connectivity index (χ1) is 11.1. The lowest BCUT2D eigenvalue weighted by molar-refractivity contribution is -0.138. The Bertz CT molecular complexity index is 527. The van der Waals surface area contributed by atoms with E-state index in [-0.39, 0.29) is 25.4 Å². The summed E-state index contributed by atoms with van der Waals surface area (Å²) in [6, 6.07) is 3.61. The second kappa shape index (κ2) is 8.44. The molecule has 1 aromatic rings. The zero-order valence-corrected chi connectivity index (χ0v) is 12.9. The first-order valence-electron chi connectivity index (χ1n) is 7.64. The van der Waals surface area contributed by atoms with Crippen molar-refractivity contribution >= 4 is 23.4 Å². The highest BCUT2D eigenvalue weighted by Crippen LogP contribution is 2.16. The van der Waals surface area contributed by atoms with Crippen molar-refractivity contribution in [1.29, 1.82) is 0 Å². The summed E-state index contributed by atoms with van der Waals surface area (Å²) >= 11 is 0. The summed E-state index contributed by atoms with van der Waals surface area (Å²) in [7, 11) is 0. The average Bonchev–Trinajstić information content (AvgIpc) is 2.55. The van der Waals surface area contributed by atoms with Gasteiger partial charge in [0.05, 0.1) is 24.9 Å². The topological polar surface area (TPSA) is 106 Å². The fourth-order valence-corrected chi connectivity index (χ4v) is 2.43. The number of carboxylic acid groups (broad SMARTS) is 1. The van der Waals surface area contributed by atoms with Crippen molar-refractivity contribution in [1.82, 2.24) is 9.88 Å². The SMILES string of the molecule is O=C(O)CCC(=O)Nc1ccc(N2CCN(CCO)CC2)nc1. The van der Waals surface area contributed by atoms with Gasteiger partial charge in [-0.05, 0) is 12.1 Å². The molecule has 1 saturated heterocycles. The van der Waals surface area contributed by atoms with Crippen molar-refractivity contribution in [2.24, 2.45) is 0 Å². The summed E-state index contributed by atoms with van der Waals surface area (Å²) in [4.78, 5) is 30.7. The molecule has 1 amide bonds. The highest BCUT2D eigenvalue weighted by Gasteiger charge is 2.17. The molecule has 0 aromatic carbocycles. The van der Waals surface area contributed by atoms with Crippen molar-refractivity contribution in [2.75, 3.05) is 49.5 Å². The molecule has 2 heterocycles. The van der Waals surface area contributed by atoms with Crippen LogP contribution in [0.25, 0.3) is 0 Å². The third kappa shape index (κ3) is 5.50. The van der Waals surface area contributed by atoms with Crippen LogP contribution in [0.1, 0.15) is 12.8 Å². The van der Waals surface area contributed by atoms with Gasteiger partial charge in [-0.3, -0.25) is 14.5 Å². The molecular formula is C15H22N4O4. The standard InChI is InChI=1S/C15H22N4O4/c20-10-9-18-5-7-19(8-6-18)13-2-1-12(11-16-13)17-14(21)3-4-15(22)23/h1-2,11,20H,3-10H2,(H,17,21)(H,22,23). The minimum atomic E-state index is -0.992. The van der Waals surface area contributed by atoms with Gasteiger partial charge in [-0.25, -0.2) is 4.98 Å². The van der Waals surface area contributed by atoms with Crippen molar-refractivity contribution < 1.29 is 19.8 Å². The second-order valence-electron chi connectivity index (χ2n) is 5.40. The lowest BCUT2D eigenvalue weighted by Gasteiger charge is -2.35. The van der Waals surface area contributed by atoms with Gasteiger partial charge in [0.2, 0.25) is 5.91 Å². The number of aliphatic hydroxyl groups excluding tert-OH is 1. The number of pyridine rings is 1. The number of hydrogen-bond acceptors (Lipinski definition) is 6. The van der Waals surface area contributed by atoms with Crippen molar-refractivity contribution in [3.05, 3.63) is 18.3 Å². The van der Waals surface area contributed by atoms with Crippen molar-refractivity contribution in [3.63, 3.8) is 0 Å². The lowest BCUT2D eigenvalue weighted by Crippen LogP contribution is -2.47. The van der Waals surface area contributed by atoms with Gasteiger partial charge in [0, 0.05) is 39.1 Å². The number of nitrogens with one attached hydrogen (secondary N) is 1. The summed E-state index contributed by atoms with van der Waals surface area (Å²) in [6.45, 7) is 4.33. The number of amides is 1. The third-order valence-corrected chi connectivity index (χ3v) is 3.71. The molecule has 2 rings (SSSR count). The van der Waals surface area contributed by atoms with Crippen LogP contribution in [-0.4, -0.2) is 71.3 Å². The summed E-state index contributed by atoms with van der Waals surface area (Å²) in [5, 5.41) is 20.1. The highest BCUT2D eigenvalue weighted by atomic mass is 16.4. The Labute approximate surface area is 134 Å². The number of aliphatic carboxylic acids is 1. The van der Waals surface area contributed by atoms with Crippen LogP contribution in [0.2, 0.25) is 0 Å². The number of hydrogen-bond donors (Lipinski definition) is 3. The van der Waals surface area contributed by atoms with E-state index < -0.39 is 5.97 Å². The quantitative estimate of drug-likeness (QED) is 0.649. The Morgan fingerprint density at radius 3 is 2.48 bits per heavy atom. The van der Waals surface area contributed by atoms with Gasteiger partial charge in [0.1, 0.15) is 5.82 Å². The third-order valence-electron chi connectivity index (χ3n) is 3.71. The number of anilines is 2. The number of aliphatic hydroxyl groups is 1. The summed E-state index contributed by atoms with van der Waals surface area (Å²) in [6.07, 6.45) is 1.34. The van der Waals surface area contributed by atoms with E-state index >= 15 is 0 Å². The lowest BCUT2D eigenvalue weighted by atomic mass is 10.2. The summed E-state index contributed by atoms with van der Waals surface area (Å²) < 4.78 is 0. The molecule has 0 unspecified atom stereocenters. The molecule has 23 heavy (non-hydrogen) atoms. The Hall–Kier alpha value is -2.19. The van der Waals surface area contributed by atoms with Gasteiger partial charge in [-0.15, -0.1) is 0 Å². The number of carbonyl (C=O) groups excluding carboxylic acids is 1. The molecular weight excluding hydrogens is 300 g/mol. The number of nitrogens with zero attached hydrogens (tertiary/aromatic N) is 3. The first-order valence-corrected chi connectivity index (χ1v) is 7.64. The molecule has 0 aliphatic carbocycles. The van der Waals surface area contributed by atoms with Gasteiger partial charge in [0.15, 0.2) is 0 Å². The van der Waals surface area contributed by atoms with Gasteiger partial charge < -0.3 is 20.4 Å². The molecule has 1 aliphatic heterocycles. The summed E-state index contributed by atoms with van der Waals surface area (Å²) in [5.74, 6) is -0.481. The van der Waals surface area contributed by atoms with E-state index in [1.165, 1.54) is 0 Å². The van der Waals surface area contributed by atoms with E-state index in [2.05, 4.69) is 20.1 Å². The maximum absolute atomic E-state index is 11.6. The van der Waals surface area contributed by atoms with Gasteiger partial charge in [0.25, 0.3) is 0 Å². The Morgan fingerprint density at radius 1 is 1.17 bits per heavy atom. The van der Waals surface area contributed by atoms with Crippen LogP contribution >= 0.6 is 0 Å². The highest BCUT2D eigenvalue weighted by molar-refractivity contribution is 5.92. The van der Waals surface area contributed by atoms with Crippen LogP contribution in [-0.2, 0) is 9.59 Å². The number of carbonyl (C=O) groups is 2. The Morgan fingerprint density at radius 2 is 1.91 bits per heavy atom. The molecule has 0 atom stereocenters. The number of rotatable bonds is 7. The predicted molar refractivity (Wildman–Crippen MR) is 85.5 cm³/mol. The van der Waals surface area contributed by atoms with Crippen molar-refractivity contribution in [2.45, 2.75) is 12.8 Å². The van der Waals surface area contributed by atoms with E-state index in [9.17, 15) is 9.59 Å². The van der Waals surface area contributed by atoms with Crippen LogP contribution in [0.5, 0.6) is 0 Å². The van der Waals surface area contributed by atoms with Crippen LogP contribution < -0.4 is 10.2 Å². The molecule has 0 bridgehead atoms. The predicted octanol–water partition coefficient (Wildman–Crippen LogP) is -0.000800. The summed E-state index contributed by atoms with van der Waals surface area (Å²) in [5.41, 5.74) is 0.558. The van der Waals surface area contributed by atoms with E-state index in [0.717, 1.165) is 32.0 Å². The second-order valence-corrected chi connectivity index (χ2v) is 5.40. The number of β-amino-alcohol motifs (C(OH)–C–C–N with tert-alkyl or cyclic N) is 1. The fourth-order valence-electron chi connectivity index (χ4n) is 2.43. The minimum absolute atomic E-state index is 0.0517. The Kier molecular flexibility index (Phi) is 6.30. The maximum Gasteiger partial charge on any atom is 0.303 e. The zero-order chi connectivity index (χ0) is 16.7. The largest absolute Gasteiger partial charge is 0.481 e.